The van der Waals surface area contributed by atoms with Crippen molar-refractivity contribution >= 4 is 7.85 Å². The summed E-state index contributed by atoms with van der Waals surface area (Å²) >= 11 is 0. The molecule has 3 heteroatoms. The summed E-state index contributed by atoms with van der Waals surface area (Å²) in [5.41, 5.74) is 2.49. The standard InChI is InChI=1S/C22H30BNO/c1-22(23)14-6-5-11-19(12-7-15-22)20-13-8-16-24-21(20)25-17-18-9-3-2-4-10-18/h2-4,8-10,13,16,19H,5-7,11-12,14-15,17,23H2,1H3. The van der Waals surface area contributed by atoms with E-state index in [-0.39, 0.29) is 0 Å². The topological polar surface area (TPSA) is 22.1 Å². The number of ether oxygens (including phenoxy) is 1. The molecule has 1 heterocycles. The predicted octanol–water partition coefficient (Wildman–Crippen LogP) is 5.30. The number of nitrogens with zero attached hydrogens (tertiary/aromatic N) is 1. The van der Waals surface area contributed by atoms with Crippen LogP contribution in [0.15, 0.2) is 48.7 Å². The molecule has 0 spiro atoms. The van der Waals surface area contributed by atoms with Crippen molar-refractivity contribution in [2.75, 3.05) is 0 Å². The van der Waals surface area contributed by atoms with Gasteiger partial charge in [-0.2, -0.15) is 0 Å². The highest BCUT2D eigenvalue weighted by Crippen LogP contribution is 2.41. The van der Waals surface area contributed by atoms with Crippen LogP contribution in [0.25, 0.3) is 0 Å². The molecule has 0 aliphatic heterocycles. The van der Waals surface area contributed by atoms with Crippen LogP contribution >= 0.6 is 0 Å². The van der Waals surface area contributed by atoms with Crippen molar-refractivity contribution in [3.63, 3.8) is 0 Å². The first-order valence-electron chi connectivity index (χ1n) is 9.76. The third-order valence-electron chi connectivity index (χ3n) is 5.52. The average Bonchev–Trinajstić information content (AvgIpc) is 2.71. The smallest absolute Gasteiger partial charge is 0.217 e. The monoisotopic (exact) mass is 335 g/mol. The fourth-order valence-electron chi connectivity index (χ4n) is 3.96. The molecule has 1 aromatic carbocycles. The van der Waals surface area contributed by atoms with Crippen molar-refractivity contribution < 1.29 is 4.74 Å². The molecule has 2 unspecified atom stereocenters. The second-order valence-electron chi connectivity index (χ2n) is 8.17. The van der Waals surface area contributed by atoms with Gasteiger partial charge in [-0.15, -0.1) is 0 Å². The van der Waals surface area contributed by atoms with Crippen LogP contribution in [0.5, 0.6) is 5.88 Å². The highest BCUT2D eigenvalue weighted by molar-refractivity contribution is 6.14. The summed E-state index contributed by atoms with van der Waals surface area (Å²) < 4.78 is 6.11. The van der Waals surface area contributed by atoms with E-state index in [4.69, 9.17) is 4.74 Å². The van der Waals surface area contributed by atoms with Crippen LogP contribution in [-0.4, -0.2) is 12.8 Å². The van der Waals surface area contributed by atoms with Gasteiger partial charge in [0.05, 0.1) is 0 Å². The molecule has 0 amide bonds. The lowest BCUT2D eigenvalue weighted by Crippen LogP contribution is -2.07. The SMILES string of the molecule is BC1(C)CCCCC(c2cccnc2OCc2ccccc2)CCC1. The van der Waals surface area contributed by atoms with Gasteiger partial charge in [0.2, 0.25) is 5.88 Å². The lowest BCUT2D eigenvalue weighted by Gasteiger charge is -2.23. The van der Waals surface area contributed by atoms with E-state index in [9.17, 15) is 0 Å². The van der Waals surface area contributed by atoms with Crippen LogP contribution in [0.3, 0.4) is 0 Å². The second-order valence-corrected chi connectivity index (χ2v) is 8.17. The van der Waals surface area contributed by atoms with Gasteiger partial charge >= 0.3 is 0 Å². The Bertz CT molecular complexity index is 656. The normalized spacial score (nSPS) is 24.8. The maximum atomic E-state index is 6.11. The molecule has 1 saturated carbocycles. The van der Waals surface area contributed by atoms with Crippen LogP contribution in [0, 0.1) is 0 Å². The first-order chi connectivity index (χ1) is 12.1. The molecule has 0 radical (unpaired) electrons. The summed E-state index contributed by atoms with van der Waals surface area (Å²) in [4.78, 5) is 4.55. The molecule has 1 aliphatic carbocycles. The minimum atomic E-state index is 0.496. The third kappa shape index (κ3) is 5.35. The second kappa shape index (κ2) is 8.55. The van der Waals surface area contributed by atoms with Gasteiger partial charge in [-0.25, -0.2) is 4.98 Å². The van der Waals surface area contributed by atoms with Gasteiger partial charge in [0.25, 0.3) is 0 Å². The quantitative estimate of drug-likeness (QED) is 0.707. The maximum Gasteiger partial charge on any atom is 0.217 e. The van der Waals surface area contributed by atoms with Gasteiger partial charge in [0.1, 0.15) is 14.5 Å². The van der Waals surface area contributed by atoms with E-state index < -0.39 is 0 Å². The van der Waals surface area contributed by atoms with Crippen molar-refractivity contribution in [1.82, 2.24) is 4.98 Å². The molecule has 25 heavy (non-hydrogen) atoms. The van der Waals surface area contributed by atoms with E-state index in [0.717, 1.165) is 5.88 Å². The molecule has 1 aliphatic rings. The zero-order valence-electron chi connectivity index (χ0n) is 15.7. The Kier molecular flexibility index (Phi) is 6.17. The van der Waals surface area contributed by atoms with E-state index in [1.54, 1.807) is 0 Å². The summed E-state index contributed by atoms with van der Waals surface area (Å²) in [7, 11) is 2.42. The minimum Gasteiger partial charge on any atom is -0.473 e. The number of benzene rings is 1. The Hall–Kier alpha value is -1.77. The number of hydrogen-bond acceptors (Lipinski definition) is 2. The number of pyridine rings is 1. The van der Waals surface area contributed by atoms with Crippen LogP contribution in [0.2, 0.25) is 5.31 Å². The Morgan fingerprint density at radius 1 is 1.04 bits per heavy atom. The highest BCUT2D eigenvalue weighted by Gasteiger charge is 2.23. The molecule has 0 saturated heterocycles. The third-order valence-corrected chi connectivity index (χ3v) is 5.52. The molecule has 2 aromatic rings. The minimum absolute atomic E-state index is 0.496. The van der Waals surface area contributed by atoms with Gasteiger partial charge in [-0.3, -0.25) is 0 Å². The van der Waals surface area contributed by atoms with E-state index in [1.807, 2.05) is 12.3 Å². The number of aromatic nitrogens is 1. The van der Waals surface area contributed by atoms with Crippen LogP contribution in [0.1, 0.15) is 68.9 Å². The van der Waals surface area contributed by atoms with Gasteiger partial charge in [0, 0.05) is 11.8 Å². The van der Waals surface area contributed by atoms with Gasteiger partial charge in [-0.1, -0.05) is 80.7 Å². The molecule has 2 nitrogen and oxygen atoms in total. The first kappa shape index (κ1) is 18.0. The van der Waals surface area contributed by atoms with Crippen molar-refractivity contribution in [3.8, 4) is 5.88 Å². The molecule has 0 bridgehead atoms. The van der Waals surface area contributed by atoms with E-state index in [2.05, 4.69) is 56.2 Å². The molecule has 2 atom stereocenters. The molecule has 132 valence electrons. The van der Waals surface area contributed by atoms with Gasteiger partial charge in [-0.05, 0) is 30.4 Å². The maximum absolute atomic E-state index is 6.11. The van der Waals surface area contributed by atoms with E-state index >= 15 is 0 Å². The summed E-state index contributed by atoms with van der Waals surface area (Å²) in [5, 5.41) is 0.496. The van der Waals surface area contributed by atoms with Crippen LogP contribution in [0.4, 0.5) is 0 Å². The van der Waals surface area contributed by atoms with Crippen molar-refractivity contribution in [2.45, 2.75) is 69.7 Å². The fourth-order valence-corrected chi connectivity index (χ4v) is 3.96. The fraction of sp³-hybridized carbons (Fsp3) is 0.500. The summed E-state index contributed by atoms with van der Waals surface area (Å²) in [6.45, 7) is 3.01. The Morgan fingerprint density at radius 3 is 2.64 bits per heavy atom. The zero-order valence-corrected chi connectivity index (χ0v) is 15.7. The molecule has 0 N–H and O–H groups in total. The van der Waals surface area contributed by atoms with Crippen molar-refractivity contribution in [3.05, 3.63) is 59.8 Å². The Balaban J connectivity index is 1.70. The van der Waals surface area contributed by atoms with E-state index in [1.165, 1.54) is 56.1 Å². The van der Waals surface area contributed by atoms with Gasteiger partial charge in [0.15, 0.2) is 0 Å². The lowest BCUT2D eigenvalue weighted by atomic mass is 9.64. The predicted molar refractivity (Wildman–Crippen MR) is 107 cm³/mol. The zero-order chi connectivity index (χ0) is 17.5. The first-order valence-corrected chi connectivity index (χ1v) is 9.76. The highest BCUT2D eigenvalue weighted by atomic mass is 16.5. The molecular formula is C22H30BNO. The number of hydrogen-bond donors (Lipinski definition) is 0. The number of rotatable bonds is 4. The van der Waals surface area contributed by atoms with Gasteiger partial charge < -0.3 is 4.74 Å². The largest absolute Gasteiger partial charge is 0.473 e. The van der Waals surface area contributed by atoms with E-state index in [0.29, 0.717) is 17.8 Å². The van der Waals surface area contributed by atoms with Crippen molar-refractivity contribution in [1.29, 1.82) is 0 Å². The van der Waals surface area contributed by atoms with Crippen LogP contribution in [-0.2, 0) is 6.61 Å². The Morgan fingerprint density at radius 2 is 1.80 bits per heavy atom. The molecular weight excluding hydrogens is 305 g/mol. The summed E-state index contributed by atoms with van der Waals surface area (Å²) in [5.74, 6) is 1.41. The van der Waals surface area contributed by atoms with Crippen LogP contribution < -0.4 is 4.74 Å². The Labute approximate surface area is 153 Å². The summed E-state index contributed by atoms with van der Waals surface area (Å²) in [6, 6.07) is 14.6. The molecule has 1 aromatic heterocycles. The summed E-state index contributed by atoms with van der Waals surface area (Å²) in [6.07, 6.45) is 11.0. The van der Waals surface area contributed by atoms with Crippen molar-refractivity contribution in [2.24, 2.45) is 0 Å². The lowest BCUT2D eigenvalue weighted by molar-refractivity contribution is 0.286. The molecule has 1 fully saturated rings. The molecule has 3 rings (SSSR count). The average molecular weight is 335 g/mol.